The summed E-state index contributed by atoms with van der Waals surface area (Å²) in [6, 6.07) is 0. The average molecular weight is 1560 g/mol. The number of esters is 3. The standard InChI is InChI=1S/C91H150O16P2/c1-4-7-10-13-16-19-22-25-28-31-34-37-40-42-45-47-50-53-56-59-62-65-68-71-74-77-89(94)101-80-86(92)81-103-108(97,98)104-82-87(93)83-105-109(99,100)106-85-88(107-91(96)79-76-73-70-67-64-61-58-55-52-49-44-39-36-33-30-27-24-21-18-15-12-9-6-3)84-102-90(95)78-75-72-69-66-63-60-57-54-51-48-46-43-41-38-35-32-29-26-23-20-17-14-11-8-5-2/h7-12,16-21,25-30,34-39,42-43,45-46,49,52,86-88,92-93H,4-6,13-15,22-24,31-33,40-41,44,47-48,50-51,53-85H2,1-3H3,(H,97,98)(H,99,100)/b10-7-,11-8-,12-9-,19-16-,20-17-,21-18-,28-25-,29-26-,30-27-,37-34-,38-35-,39-36-,45-42-,46-43-,52-49-. The van der Waals surface area contributed by atoms with E-state index >= 15 is 0 Å². The number of unbranched alkanes of at least 4 members (excludes halogenated alkanes) is 25. The second-order valence-corrected chi connectivity index (χ2v) is 30.4. The molecule has 0 aromatic heterocycles. The number of carbonyl (C=O) groups is 3. The third-order valence-electron chi connectivity index (χ3n) is 17.1. The Labute approximate surface area is 662 Å². The highest BCUT2D eigenvalue weighted by Crippen LogP contribution is 2.45. The van der Waals surface area contributed by atoms with E-state index in [4.69, 9.17) is 32.3 Å². The van der Waals surface area contributed by atoms with Gasteiger partial charge in [-0.25, -0.2) is 9.13 Å². The summed E-state index contributed by atoms with van der Waals surface area (Å²) in [5, 5.41) is 20.7. The number of allylic oxidation sites excluding steroid dienone is 30. The molecule has 620 valence electrons. The fourth-order valence-electron chi connectivity index (χ4n) is 10.8. The summed E-state index contributed by atoms with van der Waals surface area (Å²) in [6.07, 6.45) is 106. The van der Waals surface area contributed by atoms with Gasteiger partial charge in [-0.3, -0.25) is 32.5 Å². The molecule has 0 aliphatic heterocycles. The molecule has 0 saturated heterocycles. The van der Waals surface area contributed by atoms with E-state index in [2.05, 4.69) is 203 Å². The van der Waals surface area contributed by atoms with Gasteiger partial charge in [0.2, 0.25) is 0 Å². The Balaban J connectivity index is 4.72. The second-order valence-electron chi connectivity index (χ2n) is 27.5. The molecule has 0 aliphatic rings. The van der Waals surface area contributed by atoms with Crippen molar-refractivity contribution in [3.8, 4) is 0 Å². The zero-order valence-electron chi connectivity index (χ0n) is 67.9. The minimum atomic E-state index is -4.95. The van der Waals surface area contributed by atoms with Crippen LogP contribution in [0.4, 0.5) is 0 Å². The van der Waals surface area contributed by atoms with Crippen molar-refractivity contribution in [3.63, 3.8) is 0 Å². The summed E-state index contributed by atoms with van der Waals surface area (Å²) in [5.41, 5.74) is 0. The van der Waals surface area contributed by atoms with Gasteiger partial charge in [0, 0.05) is 19.3 Å². The zero-order valence-corrected chi connectivity index (χ0v) is 69.7. The first-order chi connectivity index (χ1) is 53.2. The van der Waals surface area contributed by atoms with Gasteiger partial charge < -0.3 is 34.2 Å². The Hall–Kier alpha value is -5.35. The molecule has 0 aliphatic carbocycles. The van der Waals surface area contributed by atoms with E-state index in [1.807, 2.05) is 0 Å². The van der Waals surface area contributed by atoms with Crippen LogP contribution in [-0.2, 0) is 55.8 Å². The van der Waals surface area contributed by atoms with E-state index in [1.54, 1.807) is 0 Å². The second kappa shape index (κ2) is 82.1. The van der Waals surface area contributed by atoms with Gasteiger partial charge in [0.1, 0.15) is 25.4 Å². The first-order valence-electron chi connectivity index (χ1n) is 42.1. The van der Waals surface area contributed by atoms with Gasteiger partial charge in [0.15, 0.2) is 6.10 Å². The Kier molecular flexibility index (Phi) is 78.1. The van der Waals surface area contributed by atoms with Crippen LogP contribution in [0.15, 0.2) is 182 Å². The van der Waals surface area contributed by atoms with E-state index in [1.165, 1.54) is 51.4 Å². The van der Waals surface area contributed by atoms with E-state index in [9.17, 15) is 43.5 Å². The van der Waals surface area contributed by atoms with E-state index < -0.39 is 91.5 Å². The number of ether oxygens (including phenoxy) is 3. The fraction of sp³-hybridized carbons (Fsp3) is 0.637. The molecule has 0 aromatic carbocycles. The molecular weight excluding hydrogens is 1410 g/mol. The number of phosphoric ester groups is 2. The first-order valence-corrected chi connectivity index (χ1v) is 45.1. The van der Waals surface area contributed by atoms with E-state index in [0.717, 1.165) is 205 Å². The third-order valence-corrected chi connectivity index (χ3v) is 19.0. The molecule has 0 fully saturated rings. The highest BCUT2D eigenvalue weighted by molar-refractivity contribution is 7.47. The molecule has 5 atom stereocenters. The van der Waals surface area contributed by atoms with Crippen molar-refractivity contribution < 1.29 is 75.8 Å². The lowest BCUT2D eigenvalue weighted by Gasteiger charge is -2.21. The van der Waals surface area contributed by atoms with Crippen LogP contribution in [0.3, 0.4) is 0 Å². The molecule has 16 nitrogen and oxygen atoms in total. The number of hydrogen-bond acceptors (Lipinski definition) is 14. The van der Waals surface area contributed by atoms with Crippen molar-refractivity contribution in [3.05, 3.63) is 182 Å². The first kappa shape index (κ1) is 104. The van der Waals surface area contributed by atoms with Gasteiger partial charge in [-0.05, 0) is 154 Å². The monoisotopic (exact) mass is 1560 g/mol. The van der Waals surface area contributed by atoms with Gasteiger partial charge in [0.05, 0.1) is 26.4 Å². The fourth-order valence-corrected chi connectivity index (χ4v) is 12.4. The number of hydrogen-bond donors (Lipinski definition) is 4. The molecule has 4 N–H and O–H groups in total. The Bertz CT molecular complexity index is 2710. The molecule has 109 heavy (non-hydrogen) atoms. The van der Waals surface area contributed by atoms with Crippen LogP contribution in [0.2, 0.25) is 0 Å². The highest BCUT2D eigenvalue weighted by Gasteiger charge is 2.29. The maximum Gasteiger partial charge on any atom is 0.472 e. The van der Waals surface area contributed by atoms with Gasteiger partial charge in [-0.2, -0.15) is 0 Å². The molecule has 0 rings (SSSR count). The van der Waals surface area contributed by atoms with E-state index in [0.29, 0.717) is 19.3 Å². The SMILES string of the molecule is CC/C=C\C/C=C\C/C=C\C/C=C\C/C=C\CCCCCCCCCCCC(=O)OCC(O)COP(=O)(O)OCC(O)COP(=O)(O)OCC(COC(=O)CCCCCCCCCCC/C=C\C/C=C\C/C=C\C/C=C\C/C=C\CC)OC(=O)CCCCCCCCC/C=C\C/C=C\C/C=C\C/C=C\C/C=C\CC. The molecule has 0 bridgehead atoms. The van der Waals surface area contributed by atoms with Crippen molar-refractivity contribution in [1.29, 1.82) is 0 Å². The number of rotatable bonds is 78. The smallest absolute Gasteiger partial charge is 0.463 e. The molecule has 18 heteroatoms. The van der Waals surface area contributed by atoms with Gasteiger partial charge in [-0.1, -0.05) is 325 Å². The van der Waals surface area contributed by atoms with Crippen LogP contribution >= 0.6 is 15.6 Å². The molecule has 0 radical (unpaired) electrons. The minimum Gasteiger partial charge on any atom is -0.463 e. The van der Waals surface area contributed by atoms with Crippen LogP contribution in [0.1, 0.15) is 316 Å². The van der Waals surface area contributed by atoms with Gasteiger partial charge in [-0.15, -0.1) is 0 Å². The molecule has 0 aromatic rings. The van der Waals surface area contributed by atoms with Crippen molar-refractivity contribution >= 4 is 33.6 Å². The summed E-state index contributed by atoms with van der Waals surface area (Å²) in [7, 11) is -9.82. The maximum atomic E-state index is 13.1. The molecule has 5 unspecified atom stereocenters. The number of carbonyl (C=O) groups excluding carboxylic acids is 3. The van der Waals surface area contributed by atoms with Crippen molar-refractivity contribution in [2.24, 2.45) is 0 Å². The topological polar surface area (TPSA) is 231 Å². The molecule has 0 saturated carbocycles. The summed E-state index contributed by atoms with van der Waals surface area (Å²) in [5.74, 6) is -1.60. The van der Waals surface area contributed by atoms with E-state index in [-0.39, 0.29) is 19.3 Å². The van der Waals surface area contributed by atoms with Crippen LogP contribution in [0.5, 0.6) is 0 Å². The summed E-state index contributed by atoms with van der Waals surface area (Å²) in [6.45, 7) is 2.32. The van der Waals surface area contributed by atoms with Crippen molar-refractivity contribution in [1.82, 2.24) is 0 Å². The number of aliphatic hydroxyl groups is 2. The summed E-state index contributed by atoms with van der Waals surface area (Å²) in [4.78, 5) is 58.9. The van der Waals surface area contributed by atoms with Crippen LogP contribution in [-0.4, -0.2) is 95.9 Å². The Morgan fingerprint density at radius 3 is 0.725 bits per heavy atom. The Morgan fingerprint density at radius 1 is 0.257 bits per heavy atom. The van der Waals surface area contributed by atoms with Crippen LogP contribution < -0.4 is 0 Å². The molecular formula is C91H150O16P2. The maximum absolute atomic E-state index is 13.1. The lowest BCUT2D eigenvalue weighted by Crippen LogP contribution is -2.30. The third kappa shape index (κ3) is 83.4. The minimum absolute atomic E-state index is 0.0833. The molecule has 0 heterocycles. The highest BCUT2D eigenvalue weighted by atomic mass is 31.2. The summed E-state index contributed by atoms with van der Waals surface area (Å²) >= 11 is 0. The summed E-state index contributed by atoms with van der Waals surface area (Å²) < 4.78 is 61.3. The van der Waals surface area contributed by atoms with Crippen molar-refractivity contribution in [2.75, 3.05) is 39.6 Å². The molecule has 0 spiro atoms. The Morgan fingerprint density at radius 2 is 0.459 bits per heavy atom. The normalized spacial score (nSPS) is 14.8. The largest absolute Gasteiger partial charge is 0.472 e. The lowest BCUT2D eigenvalue weighted by atomic mass is 10.1. The average Bonchev–Trinajstić information content (AvgIpc) is 0.903. The zero-order chi connectivity index (χ0) is 79.4. The quantitative estimate of drug-likeness (QED) is 0.0146. The predicted octanol–water partition coefficient (Wildman–Crippen LogP) is 25.3. The molecule has 0 amide bonds. The number of phosphoric acid groups is 2. The van der Waals surface area contributed by atoms with Crippen LogP contribution in [0.25, 0.3) is 0 Å². The van der Waals surface area contributed by atoms with Crippen LogP contribution in [0, 0.1) is 0 Å². The van der Waals surface area contributed by atoms with Gasteiger partial charge >= 0.3 is 33.6 Å². The number of aliphatic hydroxyl groups excluding tert-OH is 2. The lowest BCUT2D eigenvalue weighted by molar-refractivity contribution is -0.161. The van der Waals surface area contributed by atoms with Crippen molar-refractivity contribution in [2.45, 2.75) is 334 Å². The predicted molar refractivity (Wildman–Crippen MR) is 454 cm³/mol. The van der Waals surface area contributed by atoms with Gasteiger partial charge in [0.25, 0.3) is 0 Å².